The van der Waals surface area contributed by atoms with Crippen LogP contribution in [0.2, 0.25) is 0 Å². The number of methoxy groups -OCH3 is 1. The van der Waals surface area contributed by atoms with Crippen LogP contribution in [0.3, 0.4) is 0 Å². The minimum absolute atomic E-state index is 0.162. The first-order chi connectivity index (χ1) is 10.2. The van der Waals surface area contributed by atoms with Gasteiger partial charge in [-0.05, 0) is 24.3 Å². The second-order valence-electron chi connectivity index (χ2n) is 4.05. The molecule has 0 atom stereocenters. The van der Waals surface area contributed by atoms with Gasteiger partial charge in [0, 0.05) is 24.1 Å². The average molecular weight is 283 g/mol. The van der Waals surface area contributed by atoms with E-state index in [4.69, 9.17) is 14.7 Å². The maximum absolute atomic E-state index is 11.8. The van der Waals surface area contributed by atoms with E-state index < -0.39 is 0 Å². The third-order valence-electron chi connectivity index (χ3n) is 2.62. The van der Waals surface area contributed by atoms with E-state index in [0.29, 0.717) is 22.7 Å². The highest BCUT2D eigenvalue weighted by molar-refractivity contribution is 5.91. The van der Waals surface area contributed by atoms with Gasteiger partial charge < -0.3 is 14.8 Å². The molecular weight excluding hydrogens is 270 g/mol. The van der Waals surface area contributed by atoms with Gasteiger partial charge in [-0.25, -0.2) is 0 Å². The van der Waals surface area contributed by atoms with Crippen molar-refractivity contribution >= 4 is 11.6 Å². The lowest BCUT2D eigenvalue weighted by molar-refractivity contribution is -0.118. The number of ether oxygens (including phenoxy) is 2. The molecule has 6 heteroatoms. The van der Waals surface area contributed by atoms with Crippen molar-refractivity contribution in [3.8, 4) is 17.6 Å². The minimum Gasteiger partial charge on any atom is -0.493 e. The van der Waals surface area contributed by atoms with E-state index in [1.807, 2.05) is 6.07 Å². The second kappa shape index (κ2) is 6.91. The quantitative estimate of drug-likeness (QED) is 0.907. The summed E-state index contributed by atoms with van der Waals surface area (Å²) < 4.78 is 10.5. The summed E-state index contributed by atoms with van der Waals surface area (Å²) in [6.45, 7) is -0.162. The fraction of sp³-hybridized carbons (Fsp3) is 0.133. The Morgan fingerprint density at radius 3 is 2.71 bits per heavy atom. The summed E-state index contributed by atoms with van der Waals surface area (Å²) in [6.07, 6.45) is 3.17. The zero-order valence-electron chi connectivity index (χ0n) is 11.4. The zero-order valence-corrected chi connectivity index (χ0v) is 11.4. The van der Waals surface area contributed by atoms with E-state index in [-0.39, 0.29) is 12.5 Å². The van der Waals surface area contributed by atoms with Gasteiger partial charge in [-0.15, -0.1) is 0 Å². The molecule has 0 aliphatic rings. The molecular formula is C15H13N3O3. The lowest BCUT2D eigenvalue weighted by atomic mass is 10.2. The number of carbonyl (C=O) groups excluding carboxylic acids is 1. The van der Waals surface area contributed by atoms with Crippen LogP contribution in [0.25, 0.3) is 0 Å². The Bertz CT molecular complexity index is 666. The lowest BCUT2D eigenvalue weighted by Gasteiger charge is -2.11. The second-order valence-corrected chi connectivity index (χ2v) is 4.05. The largest absolute Gasteiger partial charge is 0.493 e. The summed E-state index contributed by atoms with van der Waals surface area (Å²) in [5.74, 6) is 0.514. The topological polar surface area (TPSA) is 84.2 Å². The first-order valence-electron chi connectivity index (χ1n) is 6.13. The number of nitrogens with one attached hydrogen (secondary N) is 1. The minimum atomic E-state index is -0.299. The number of benzene rings is 1. The van der Waals surface area contributed by atoms with Gasteiger partial charge in [-0.2, -0.15) is 5.26 Å². The highest BCUT2D eigenvalue weighted by Crippen LogP contribution is 2.27. The first kappa shape index (κ1) is 14.3. The fourth-order valence-corrected chi connectivity index (χ4v) is 1.63. The van der Waals surface area contributed by atoms with Crippen molar-refractivity contribution in [3.63, 3.8) is 0 Å². The highest BCUT2D eigenvalue weighted by Gasteiger charge is 2.08. The maximum atomic E-state index is 11.8. The third kappa shape index (κ3) is 3.94. The number of aromatic nitrogens is 1. The number of amides is 1. The molecule has 106 valence electrons. The predicted molar refractivity (Wildman–Crippen MR) is 76.1 cm³/mol. The summed E-state index contributed by atoms with van der Waals surface area (Å²) in [6, 6.07) is 10.1. The van der Waals surface area contributed by atoms with Crippen LogP contribution >= 0.6 is 0 Å². The fourth-order valence-electron chi connectivity index (χ4n) is 1.63. The van der Waals surface area contributed by atoms with Crippen LogP contribution in [-0.4, -0.2) is 24.6 Å². The lowest BCUT2D eigenvalue weighted by Crippen LogP contribution is -2.20. The molecule has 0 bridgehead atoms. The smallest absolute Gasteiger partial charge is 0.262 e. The van der Waals surface area contributed by atoms with Crippen molar-refractivity contribution in [2.45, 2.75) is 0 Å². The van der Waals surface area contributed by atoms with Crippen molar-refractivity contribution in [1.82, 2.24) is 4.98 Å². The van der Waals surface area contributed by atoms with Gasteiger partial charge in [0.05, 0.1) is 18.7 Å². The van der Waals surface area contributed by atoms with Gasteiger partial charge in [-0.1, -0.05) is 0 Å². The molecule has 2 rings (SSSR count). The molecule has 21 heavy (non-hydrogen) atoms. The number of hydrogen-bond donors (Lipinski definition) is 1. The van der Waals surface area contributed by atoms with Gasteiger partial charge in [0.15, 0.2) is 18.1 Å². The molecule has 1 aromatic heterocycles. The number of nitriles is 1. The number of nitrogens with zero attached hydrogens (tertiary/aromatic N) is 2. The van der Waals surface area contributed by atoms with Crippen LogP contribution in [0.5, 0.6) is 11.5 Å². The average Bonchev–Trinajstić information content (AvgIpc) is 2.53. The first-order valence-corrected chi connectivity index (χ1v) is 6.13. The van der Waals surface area contributed by atoms with Gasteiger partial charge in [0.1, 0.15) is 0 Å². The molecule has 6 nitrogen and oxygen atoms in total. The highest BCUT2D eigenvalue weighted by atomic mass is 16.5. The summed E-state index contributed by atoms with van der Waals surface area (Å²) in [5.41, 5.74) is 1.10. The Balaban J connectivity index is 1.97. The maximum Gasteiger partial charge on any atom is 0.262 e. The number of rotatable bonds is 5. The Kier molecular flexibility index (Phi) is 4.72. The van der Waals surface area contributed by atoms with E-state index >= 15 is 0 Å². The van der Waals surface area contributed by atoms with Crippen LogP contribution in [0.1, 0.15) is 5.56 Å². The molecule has 1 N–H and O–H groups in total. The number of carbonyl (C=O) groups is 1. The van der Waals surface area contributed by atoms with E-state index in [1.165, 1.54) is 7.11 Å². The van der Waals surface area contributed by atoms with Gasteiger partial charge >= 0.3 is 0 Å². The Labute approximate surface area is 121 Å². The van der Waals surface area contributed by atoms with Crippen LogP contribution in [0.15, 0.2) is 42.7 Å². The molecule has 0 saturated heterocycles. The molecule has 0 saturated carbocycles. The Morgan fingerprint density at radius 1 is 1.29 bits per heavy atom. The van der Waals surface area contributed by atoms with Crippen molar-refractivity contribution in [2.75, 3.05) is 19.0 Å². The Morgan fingerprint density at radius 2 is 2.05 bits per heavy atom. The molecule has 0 radical (unpaired) electrons. The number of hydrogen-bond acceptors (Lipinski definition) is 5. The normalized spacial score (nSPS) is 9.52. The molecule has 0 aliphatic carbocycles. The summed E-state index contributed by atoms with van der Waals surface area (Å²) in [4.78, 5) is 15.6. The van der Waals surface area contributed by atoms with Crippen molar-refractivity contribution in [3.05, 3.63) is 48.3 Å². The molecule has 0 fully saturated rings. The molecule has 0 unspecified atom stereocenters. The van der Waals surface area contributed by atoms with Crippen molar-refractivity contribution < 1.29 is 14.3 Å². The van der Waals surface area contributed by atoms with E-state index in [2.05, 4.69) is 10.3 Å². The zero-order chi connectivity index (χ0) is 15.1. The predicted octanol–water partition coefficient (Wildman–Crippen LogP) is 1.98. The molecule has 0 aliphatic heterocycles. The number of pyridine rings is 1. The van der Waals surface area contributed by atoms with E-state index in [9.17, 15) is 4.79 Å². The van der Waals surface area contributed by atoms with Crippen LogP contribution in [-0.2, 0) is 4.79 Å². The molecule has 0 spiro atoms. The van der Waals surface area contributed by atoms with Crippen LogP contribution in [0.4, 0.5) is 5.69 Å². The molecule has 1 amide bonds. The van der Waals surface area contributed by atoms with Gasteiger partial charge in [0.25, 0.3) is 5.91 Å². The van der Waals surface area contributed by atoms with Crippen molar-refractivity contribution in [2.24, 2.45) is 0 Å². The third-order valence-corrected chi connectivity index (χ3v) is 2.62. The van der Waals surface area contributed by atoms with E-state index in [0.717, 1.165) is 0 Å². The molecule has 2 aromatic rings. The molecule has 1 aromatic carbocycles. The summed E-state index contributed by atoms with van der Waals surface area (Å²) >= 11 is 0. The van der Waals surface area contributed by atoms with Gasteiger partial charge in [0.2, 0.25) is 0 Å². The van der Waals surface area contributed by atoms with Crippen LogP contribution < -0.4 is 14.8 Å². The Hall–Kier alpha value is -3.07. The standard InChI is InChI=1S/C15H13N3O3/c1-20-14-8-11(9-16)2-3-13(14)21-10-15(19)18-12-4-6-17-7-5-12/h2-8H,10H2,1H3,(H,17,18,19). The van der Waals surface area contributed by atoms with Crippen molar-refractivity contribution in [1.29, 1.82) is 5.26 Å². The monoisotopic (exact) mass is 283 g/mol. The molecule has 1 heterocycles. The SMILES string of the molecule is COc1cc(C#N)ccc1OCC(=O)Nc1ccncc1. The number of anilines is 1. The summed E-state index contributed by atoms with van der Waals surface area (Å²) in [7, 11) is 1.47. The van der Waals surface area contributed by atoms with E-state index in [1.54, 1.807) is 42.7 Å². The van der Waals surface area contributed by atoms with Crippen LogP contribution in [0, 0.1) is 11.3 Å². The van der Waals surface area contributed by atoms with Gasteiger partial charge in [-0.3, -0.25) is 9.78 Å². The summed E-state index contributed by atoms with van der Waals surface area (Å²) in [5, 5.41) is 11.5.